The Labute approximate surface area is 135 Å². The van der Waals surface area contributed by atoms with Gasteiger partial charge >= 0.3 is 0 Å². The molecule has 0 atom stereocenters. The lowest BCUT2D eigenvalue weighted by Gasteiger charge is -2.21. The Morgan fingerprint density at radius 1 is 1.29 bits per heavy atom. The maximum absolute atomic E-state index is 4.54. The summed E-state index contributed by atoms with van der Waals surface area (Å²) in [5, 5.41) is 4.71. The van der Waals surface area contributed by atoms with Crippen molar-refractivity contribution in [3.8, 4) is 0 Å². The van der Waals surface area contributed by atoms with Crippen molar-refractivity contribution in [3.05, 3.63) is 46.1 Å². The van der Waals surface area contributed by atoms with Gasteiger partial charge in [0.2, 0.25) is 0 Å². The van der Waals surface area contributed by atoms with E-state index >= 15 is 0 Å². The monoisotopic (exact) mass is 346 g/mol. The lowest BCUT2D eigenvalue weighted by atomic mass is 10.0. The number of nitrogens with zero attached hydrogens (tertiary/aromatic N) is 1. The lowest BCUT2D eigenvalue weighted by Crippen LogP contribution is -2.36. The molecule has 0 unspecified atom stereocenters. The summed E-state index contributed by atoms with van der Waals surface area (Å²) in [5.41, 5.74) is 3.75. The van der Waals surface area contributed by atoms with Gasteiger partial charge in [-0.2, -0.15) is 0 Å². The van der Waals surface area contributed by atoms with Crippen LogP contribution in [0.2, 0.25) is 0 Å². The van der Waals surface area contributed by atoms with Gasteiger partial charge in [-0.25, -0.2) is 0 Å². The molecule has 2 rings (SSSR count). The topological polar surface area (TPSA) is 24.9 Å². The Morgan fingerprint density at radius 3 is 2.71 bits per heavy atom. The fraction of sp³-hybridized carbons (Fsp3) is 0.389. The summed E-state index contributed by atoms with van der Waals surface area (Å²) >= 11 is 3.60. The summed E-state index contributed by atoms with van der Waals surface area (Å²) in [6, 6.07) is 8.30. The number of benzene rings is 1. The lowest BCUT2D eigenvalue weighted by molar-refractivity contribution is 0.443. The highest BCUT2D eigenvalue weighted by Crippen LogP contribution is 2.26. The van der Waals surface area contributed by atoms with E-state index in [0.29, 0.717) is 0 Å². The van der Waals surface area contributed by atoms with Crippen LogP contribution in [0.3, 0.4) is 0 Å². The minimum Gasteiger partial charge on any atom is -0.308 e. The molecule has 0 aliphatic heterocycles. The van der Waals surface area contributed by atoms with E-state index in [-0.39, 0.29) is 5.54 Å². The minimum absolute atomic E-state index is 0.133. The van der Waals surface area contributed by atoms with Crippen LogP contribution in [0.15, 0.2) is 40.5 Å². The molecule has 1 aromatic heterocycles. The molecule has 0 fully saturated rings. The average Bonchev–Trinajstić information content (AvgIpc) is 2.45. The van der Waals surface area contributed by atoms with Crippen LogP contribution < -0.4 is 5.32 Å². The molecular weight excluding hydrogens is 324 g/mol. The van der Waals surface area contributed by atoms with Crippen molar-refractivity contribution in [2.45, 2.75) is 39.7 Å². The zero-order valence-corrected chi connectivity index (χ0v) is 14.8. The number of hydrogen-bond donors (Lipinski definition) is 1. The molecule has 0 spiro atoms. The van der Waals surface area contributed by atoms with Gasteiger partial charge in [0, 0.05) is 33.7 Å². The van der Waals surface area contributed by atoms with Gasteiger partial charge in [0.15, 0.2) is 0 Å². The minimum atomic E-state index is 0.133. The highest BCUT2D eigenvalue weighted by molar-refractivity contribution is 9.10. The molecule has 0 radical (unpaired) electrons. The smallest absolute Gasteiger partial charge is 0.0785 e. The van der Waals surface area contributed by atoms with E-state index in [9.17, 15) is 0 Å². The molecule has 0 saturated heterocycles. The van der Waals surface area contributed by atoms with Gasteiger partial charge in [-0.1, -0.05) is 46.6 Å². The molecule has 1 N–H and O–H groups in total. The van der Waals surface area contributed by atoms with E-state index in [4.69, 9.17) is 0 Å². The first-order chi connectivity index (χ1) is 9.90. The van der Waals surface area contributed by atoms with Crippen LogP contribution in [0, 0.1) is 0 Å². The molecule has 0 aliphatic rings. The second-order valence-corrected chi connectivity index (χ2v) is 7.15. The first-order valence-electron chi connectivity index (χ1n) is 7.38. The van der Waals surface area contributed by atoms with E-state index < -0.39 is 0 Å². The molecule has 1 heterocycles. The largest absolute Gasteiger partial charge is 0.308 e. The summed E-state index contributed by atoms with van der Waals surface area (Å²) in [4.78, 5) is 4.54. The summed E-state index contributed by atoms with van der Waals surface area (Å²) < 4.78 is 1.09. The van der Waals surface area contributed by atoms with Gasteiger partial charge in [-0.15, -0.1) is 0 Å². The normalized spacial score (nSPS) is 12.9. The van der Waals surface area contributed by atoms with Crippen LogP contribution >= 0.6 is 15.9 Å². The van der Waals surface area contributed by atoms with Crippen LogP contribution in [-0.2, 0) is 0 Å². The molecule has 0 saturated carbocycles. The van der Waals surface area contributed by atoms with Crippen molar-refractivity contribution in [2.24, 2.45) is 0 Å². The highest BCUT2D eigenvalue weighted by Gasteiger charge is 2.10. The van der Waals surface area contributed by atoms with Crippen LogP contribution in [0.1, 0.15) is 39.7 Å². The molecule has 3 heteroatoms. The zero-order chi connectivity index (χ0) is 15.5. The van der Waals surface area contributed by atoms with Crippen molar-refractivity contribution in [3.63, 3.8) is 0 Å². The molecule has 0 bridgehead atoms. The van der Waals surface area contributed by atoms with Crippen molar-refractivity contribution >= 4 is 32.9 Å². The maximum Gasteiger partial charge on any atom is 0.0785 e. The number of aromatic nitrogens is 1. The summed E-state index contributed by atoms with van der Waals surface area (Å²) in [5.74, 6) is 0. The van der Waals surface area contributed by atoms with Crippen molar-refractivity contribution in [1.82, 2.24) is 10.3 Å². The SMILES string of the molecule is CC/C(=C/c1ccc(Br)c2cccnc12)CNC(C)(C)C. The quantitative estimate of drug-likeness (QED) is 0.824. The summed E-state index contributed by atoms with van der Waals surface area (Å²) in [7, 11) is 0. The van der Waals surface area contributed by atoms with Crippen molar-refractivity contribution in [1.29, 1.82) is 0 Å². The third-order valence-corrected chi connectivity index (χ3v) is 4.10. The van der Waals surface area contributed by atoms with Crippen LogP contribution in [0.25, 0.3) is 17.0 Å². The van der Waals surface area contributed by atoms with Crippen LogP contribution in [-0.4, -0.2) is 17.1 Å². The second kappa shape index (κ2) is 6.71. The average molecular weight is 347 g/mol. The number of rotatable bonds is 4. The Bertz CT molecular complexity index is 654. The summed E-state index contributed by atoms with van der Waals surface area (Å²) in [6.07, 6.45) is 5.15. The van der Waals surface area contributed by atoms with Gasteiger partial charge in [0.1, 0.15) is 0 Å². The van der Waals surface area contributed by atoms with Gasteiger partial charge in [0.05, 0.1) is 5.52 Å². The van der Waals surface area contributed by atoms with E-state index in [1.54, 1.807) is 0 Å². The molecule has 0 amide bonds. The number of nitrogens with one attached hydrogen (secondary N) is 1. The maximum atomic E-state index is 4.54. The third-order valence-electron chi connectivity index (χ3n) is 3.41. The third kappa shape index (κ3) is 4.39. The number of halogens is 1. The Hall–Kier alpha value is -1.19. The Morgan fingerprint density at radius 2 is 2.05 bits per heavy atom. The van der Waals surface area contributed by atoms with E-state index in [2.05, 4.69) is 78.2 Å². The molecule has 2 nitrogen and oxygen atoms in total. The van der Waals surface area contributed by atoms with E-state index in [1.165, 1.54) is 11.1 Å². The van der Waals surface area contributed by atoms with Crippen LogP contribution in [0.5, 0.6) is 0 Å². The molecule has 2 aromatic rings. The van der Waals surface area contributed by atoms with E-state index in [0.717, 1.165) is 28.3 Å². The standard InChI is InChI=1S/C18H23BrN2/c1-5-13(12-21-18(2,3)4)11-14-8-9-16(19)15-7-6-10-20-17(14)15/h6-11,21H,5,12H2,1-4H3/b13-11-. The van der Waals surface area contributed by atoms with Gasteiger partial charge in [-0.05, 0) is 39.3 Å². The van der Waals surface area contributed by atoms with Gasteiger partial charge in [-0.3, -0.25) is 4.98 Å². The van der Waals surface area contributed by atoms with Crippen LogP contribution in [0.4, 0.5) is 0 Å². The van der Waals surface area contributed by atoms with E-state index in [1.807, 2.05) is 12.3 Å². The predicted molar refractivity (Wildman–Crippen MR) is 95.5 cm³/mol. The second-order valence-electron chi connectivity index (χ2n) is 6.30. The Kier molecular flexibility index (Phi) is 5.17. The zero-order valence-electron chi connectivity index (χ0n) is 13.2. The van der Waals surface area contributed by atoms with Crippen molar-refractivity contribution < 1.29 is 0 Å². The first-order valence-corrected chi connectivity index (χ1v) is 8.17. The number of pyridine rings is 1. The predicted octanol–water partition coefficient (Wildman–Crippen LogP) is 5.18. The molecule has 0 aliphatic carbocycles. The number of fused-ring (bicyclic) bond motifs is 1. The van der Waals surface area contributed by atoms with Gasteiger partial charge in [0.25, 0.3) is 0 Å². The Balaban J connectivity index is 2.36. The van der Waals surface area contributed by atoms with Crippen molar-refractivity contribution in [2.75, 3.05) is 6.54 Å². The molecule has 21 heavy (non-hydrogen) atoms. The first kappa shape index (κ1) is 16.2. The van der Waals surface area contributed by atoms with Gasteiger partial charge < -0.3 is 5.32 Å². The fourth-order valence-corrected chi connectivity index (χ4v) is 2.61. The molecular formula is C18H23BrN2. The molecule has 1 aromatic carbocycles. The highest BCUT2D eigenvalue weighted by atomic mass is 79.9. The summed E-state index contributed by atoms with van der Waals surface area (Å²) in [6.45, 7) is 9.68. The number of hydrogen-bond acceptors (Lipinski definition) is 2. The fourth-order valence-electron chi connectivity index (χ4n) is 2.15. The molecule has 112 valence electrons.